The Balaban J connectivity index is 1.67. The minimum Gasteiger partial charge on any atom is -0.508 e. The molecule has 1 saturated carbocycles. The first-order valence-corrected chi connectivity index (χ1v) is 13.1. The number of fused-ring (bicyclic) bond motifs is 3. The van der Waals surface area contributed by atoms with Crippen LogP contribution in [0.1, 0.15) is 48.8 Å². The first-order valence-electron chi connectivity index (χ1n) is 13.1. The van der Waals surface area contributed by atoms with Crippen LogP contribution in [0.3, 0.4) is 0 Å². The van der Waals surface area contributed by atoms with Crippen molar-refractivity contribution in [1.82, 2.24) is 10.2 Å². The van der Waals surface area contributed by atoms with Crippen molar-refractivity contribution in [2.75, 3.05) is 21.1 Å². The molecular weight excluding hydrogens is 500 g/mol. The number of Topliss-reactive ketones (excluding diaryl/α,β-unsaturated/α-hetero) is 2. The highest BCUT2D eigenvalue weighted by Gasteiger charge is 2.64. The molecule has 0 aromatic heterocycles. The SMILES string of the molecule is CNC(=O)C1=C(O)[C@@]2(O)C(=O)C3=C(O)c4c(O)ccc(C#CC5=CCCCC5)c4C[C@H]3C[C@H]2[C@H](N(C)C)C1=O. The third kappa shape index (κ3) is 3.98. The number of nitrogens with zero attached hydrogens (tertiary/aromatic N) is 1. The summed E-state index contributed by atoms with van der Waals surface area (Å²) in [4.78, 5) is 41.4. The van der Waals surface area contributed by atoms with Crippen LogP contribution in [-0.2, 0) is 20.8 Å². The molecule has 39 heavy (non-hydrogen) atoms. The number of carbonyl (C=O) groups is 3. The number of phenols is 1. The average molecular weight is 533 g/mol. The van der Waals surface area contributed by atoms with Crippen LogP contribution < -0.4 is 5.32 Å². The zero-order valence-electron chi connectivity index (χ0n) is 22.2. The quantitative estimate of drug-likeness (QED) is 0.287. The van der Waals surface area contributed by atoms with Crippen molar-refractivity contribution in [3.63, 3.8) is 0 Å². The van der Waals surface area contributed by atoms with E-state index in [1.807, 2.05) is 0 Å². The molecule has 0 unspecified atom stereocenters. The summed E-state index contributed by atoms with van der Waals surface area (Å²) in [6, 6.07) is 2.01. The number of aliphatic hydroxyl groups is 3. The standard InChI is InChI=1S/C30H32N2O7/c1-31-29(38)23-26(35)24(32(2)3)19-14-17-13-18-16(10-9-15-7-5-4-6-8-15)11-12-20(33)22(18)25(34)21(17)27(36)30(19,39)28(23)37/h7,11-12,17,19,24,33-34,37,39H,4-6,8,13-14H2,1-3H3,(H,31,38)/t17-,19-,24-,30-/m0/s1. The number of likely N-dealkylation sites (N-methyl/N-ethyl adjacent to an activating group) is 2. The van der Waals surface area contributed by atoms with E-state index in [0.29, 0.717) is 11.1 Å². The highest BCUT2D eigenvalue weighted by atomic mass is 16.3. The second kappa shape index (κ2) is 9.70. The number of nitrogens with one attached hydrogen (secondary N) is 1. The lowest BCUT2D eigenvalue weighted by Gasteiger charge is -2.50. The van der Waals surface area contributed by atoms with Gasteiger partial charge in [0.1, 0.15) is 22.8 Å². The summed E-state index contributed by atoms with van der Waals surface area (Å²) in [5.41, 5.74) is -1.14. The summed E-state index contributed by atoms with van der Waals surface area (Å²) in [6.45, 7) is 0. The van der Waals surface area contributed by atoms with Crippen molar-refractivity contribution >= 4 is 23.2 Å². The molecule has 1 fully saturated rings. The number of hydrogen-bond acceptors (Lipinski definition) is 8. The highest BCUT2D eigenvalue weighted by Crippen LogP contribution is 2.52. The van der Waals surface area contributed by atoms with Gasteiger partial charge in [0.05, 0.1) is 11.6 Å². The minimum atomic E-state index is -2.61. The van der Waals surface area contributed by atoms with Gasteiger partial charge in [-0.2, -0.15) is 0 Å². The van der Waals surface area contributed by atoms with Crippen molar-refractivity contribution in [3.05, 3.63) is 57.4 Å². The molecule has 9 nitrogen and oxygen atoms in total. The molecule has 1 aromatic carbocycles. The average Bonchev–Trinajstić information content (AvgIpc) is 2.90. The Kier molecular flexibility index (Phi) is 6.65. The molecule has 0 saturated heterocycles. The van der Waals surface area contributed by atoms with E-state index >= 15 is 0 Å². The van der Waals surface area contributed by atoms with Crippen LogP contribution in [0.15, 0.2) is 40.7 Å². The smallest absolute Gasteiger partial charge is 0.258 e. The third-order valence-corrected chi connectivity index (χ3v) is 8.46. The largest absolute Gasteiger partial charge is 0.508 e. The van der Waals surface area contributed by atoms with E-state index in [9.17, 15) is 34.8 Å². The molecule has 5 N–H and O–H groups in total. The molecule has 204 valence electrons. The van der Waals surface area contributed by atoms with Crippen LogP contribution >= 0.6 is 0 Å². The Morgan fingerprint density at radius 3 is 2.51 bits per heavy atom. The van der Waals surface area contributed by atoms with Gasteiger partial charge in [-0.1, -0.05) is 17.9 Å². The van der Waals surface area contributed by atoms with Crippen LogP contribution in [0.4, 0.5) is 0 Å². The number of phenolic OH excluding ortho intramolecular Hbond substituents is 1. The Morgan fingerprint density at radius 2 is 1.87 bits per heavy atom. The number of benzene rings is 1. The van der Waals surface area contributed by atoms with Gasteiger partial charge in [0.2, 0.25) is 5.78 Å². The van der Waals surface area contributed by atoms with Gasteiger partial charge < -0.3 is 25.7 Å². The van der Waals surface area contributed by atoms with Crippen molar-refractivity contribution in [2.24, 2.45) is 11.8 Å². The summed E-state index contributed by atoms with van der Waals surface area (Å²) in [7, 11) is 4.47. The van der Waals surface area contributed by atoms with Gasteiger partial charge in [-0.15, -0.1) is 0 Å². The topological polar surface area (TPSA) is 147 Å². The number of ketones is 2. The number of amides is 1. The van der Waals surface area contributed by atoms with E-state index in [4.69, 9.17) is 0 Å². The highest BCUT2D eigenvalue weighted by molar-refractivity contribution is 6.24. The summed E-state index contributed by atoms with van der Waals surface area (Å²) in [6.07, 6.45) is 6.50. The Bertz CT molecular complexity index is 1460. The van der Waals surface area contributed by atoms with Crippen molar-refractivity contribution in [2.45, 2.75) is 50.2 Å². The zero-order valence-corrected chi connectivity index (χ0v) is 22.2. The van der Waals surface area contributed by atoms with E-state index in [1.165, 1.54) is 18.0 Å². The lowest BCUT2D eigenvalue weighted by Crippen LogP contribution is -2.65. The fourth-order valence-electron chi connectivity index (χ4n) is 6.57. The van der Waals surface area contributed by atoms with Crippen molar-refractivity contribution in [3.8, 4) is 17.6 Å². The first kappa shape index (κ1) is 26.7. The lowest BCUT2D eigenvalue weighted by molar-refractivity contribution is -0.153. The van der Waals surface area contributed by atoms with E-state index in [0.717, 1.165) is 31.3 Å². The van der Waals surface area contributed by atoms with Crippen molar-refractivity contribution in [1.29, 1.82) is 0 Å². The monoisotopic (exact) mass is 532 g/mol. The fraction of sp³-hybridized carbons (Fsp3) is 0.433. The summed E-state index contributed by atoms with van der Waals surface area (Å²) in [5, 5.41) is 47.2. The minimum absolute atomic E-state index is 0.0621. The molecule has 5 rings (SSSR count). The Hall–Kier alpha value is -3.87. The van der Waals surface area contributed by atoms with Crippen LogP contribution in [0, 0.1) is 23.7 Å². The molecule has 0 aliphatic heterocycles. The third-order valence-electron chi connectivity index (χ3n) is 8.46. The van der Waals surface area contributed by atoms with Crippen LogP contribution in [-0.4, -0.2) is 75.6 Å². The van der Waals surface area contributed by atoms with Gasteiger partial charge in [-0.25, -0.2) is 0 Å². The van der Waals surface area contributed by atoms with Gasteiger partial charge in [0.25, 0.3) is 5.91 Å². The summed E-state index contributed by atoms with van der Waals surface area (Å²) < 4.78 is 0. The maximum atomic E-state index is 14.0. The molecule has 4 aliphatic rings. The molecule has 1 amide bonds. The molecule has 0 spiro atoms. The predicted molar refractivity (Wildman–Crippen MR) is 143 cm³/mol. The van der Waals surface area contributed by atoms with Crippen LogP contribution in [0.2, 0.25) is 0 Å². The number of hydrogen-bond donors (Lipinski definition) is 5. The second-order valence-corrected chi connectivity index (χ2v) is 10.9. The number of allylic oxidation sites excluding steroid dienone is 2. The maximum Gasteiger partial charge on any atom is 0.258 e. The molecule has 0 heterocycles. The first-order chi connectivity index (χ1) is 18.5. The number of aliphatic hydroxyl groups excluding tert-OH is 2. The molecular formula is C30H32N2O7. The van der Waals surface area contributed by atoms with E-state index in [1.54, 1.807) is 20.2 Å². The van der Waals surface area contributed by atoms with Crippen LogP contribution in [0.5, 0.6) is 5.75 Å². The van der Waals surface area contributed by atoms with Crippen molar-refractivity contribution < 1.29 is 34.8 Å². The molecule has 4 aliphatic carbocycles. The molecule has 1 aromatic rings. The second-order valence-electron chi connectivity index (χ2n) is 10.9. The van der Waals surface area contributed by atoms with Gasteiger partial charge in [-0.05, 0) is 81.8 Å². The van der Waals surface area contributed by atoms with Gasteiger partial charge in [-0.3, -0.25) is 19.3 Å². The Morgan fingerprint density at radius 1 is 1.13 bits per heavy atom. The fourth-order valence-corrected chi connectivity index (χ4v) is 6.57. The van der Waals surface area contributed by atoms with Crippen LogP contribution in [0.25, 0.3) is 5.76 Å². The molecule has 4 atom stereocenters. The van der Waals surface area contributed by atoms with Gasteiger partial charge >= 0.3 is 0 Å². The van der Waals surface area contributed by atoms with Gasteiger partial charge in [0, 0.05) is 24.1 Å². The zero-order chi connectivity index (χ0) is 28.2. The molecule has 9 heteroatoms. The molecule has 0 radical (unpaired) electrons. The Labute approximate surface area is 226 Å². The maximum absolute atomic E-state index is 14.0. The normalized spacial score (nSPS) is 28.2. The number of rotatable bonds is 2. The summed E-state index contributed by atoms with van der Waals surface area (Å²) >= 11 is 0. The van der Waals surface area contributed by atoms with E-state index < -0.39 is 58.0 Å². The summed E-state index contributed by atoms with van der Waals surface area (Å²) in [5.74, 6) is 0.314. The number of aromatic hydroxyl groups is 1. The van der Waals surface area contributed by atoms with Gasteiger partial charge in [0.15, 0.2) is 11.4 Å². The lowest BCUT2D eigenvalue weighted by atomic mass is 9.57. The number of carbonyl (C=O) groups excluding carboxylic acids is 3. The van der Waals surface area contributed by atoms with E-state index in [-0.39, 0.29) is 29.7 Å². The molecule has 0 bridgehead atoms. The predicted octanol–water partition coefficient (Wildman–Crippen LogP) is 2.08. The van der Waals surface area contributed by atoms with E-state index in [2.05, 4.69) is 23.2 Å².